The maximum absolute atomic E-state index is 13.2. The number of carbonyl (C=O) groups is 1. The molecule has 0 unspecified atom stereocenters. The van der Waals surface area contributed by atoms with Crippen molar-refractivity contribution in [3.05, 3.63) is 53.2 Å². The highest BCUT2D eigenvalue weighted by Crippen LogP contribution is 2.36. The molecule has 1 spiro atoms. The van der Waals surface area contributed by atoms with E-state index in [4.69, 9.17) is 9.57 Å². The fraction of sp³-hybridized carbons (Fsp3) is 0.368. The van der Waals surface area contributed by atoms with E-state index in [1.807, 2.05) is 0 Å². The SMILES string of the molecule is O=C(NCc1cccc(F)c1)OC1=NOC2(CCN(S(=O)(=O)c3cccs3)CC2)C1. The molecule has 0 radical (unpaired) electrons. The van der Waals surface area contributed by atoms with Gasteiger partial charge in [0.15, 0.2) is 0 Å². The molecule has 2 aromatic rings. The Morgan fingerprint density at radius 2 is 2.10 bits per heavy atom. The second kappa shape index (κ2) is 8.32. The zero-order chi connectivity index (χ0) is 21.2. The number of hydrogen-bond acceptors (Lipinski definition) is 7. The van der Waals surface area contributed by atoms with Crippen molar-refractivity contribution in [2.24, 2.45) is 5.16 Å². The van der Waals surface area contributed by atoms with Gasteiger partial charge < -0.3 is 14.9 Å². The molecule has 1 aromatic heterocycles. The smallest absolute Gasteiger partial charge is 0.392 e. The Labute approximate surface area is 177 Å². The first-order valence-corrected chi connectivity index (χ1v) is 11.7. The number of alkyl carbamates (subject to hydrolysis) is 1. The number of ether oxygens (including phenoxy) is 1. The van der Waals surface area contributed by atoms with E-state index >= 15 is 0 Å². The Bertz CT molecular complexity index is 1050. The average molecular weight is 454 g/mol. The third-order valence-electron chi connectivity index (χ3n) is 5.07. The number of carbonyl (C=O) groups excluding carboxylic acids is 1. The molecule has 1 saturated heterocycles. The van der Waals surface area contributed by atoms with Crippen LogP contribution in [0, 0.1) is 5.82 Å². The maximum Gasteiger partial charge on any atom is 0.414 e. The lowest BCUT2D eigenvalue weighted by molar-refractivity contribution is -0.0506. The Balaban J connectivity index is 1.27. The number of amides is 1. The lowest BCUT2D eigenvalue weighted by Gasteiger charge is -2.35. The Kier molecular flexibility index (Phi) is 5.76. The van der Waals surface area contributed by atoms with Gasteiger partial charge in [0.05, 0.1) is 6.42 Å². The van der Waals surface area contributed by atoms with Gasteiger partial charge in [-0.3, -0.25) is 0 Å². The van der Waals surface area contributed by atoms with Crippen LogP contribution in [0.2, 0.25) is 0 Å². The monoisotopic (exact) mass is 453 g/mol. The number of nitrogens with zero attached hydrogens (tertiary/aromatic N) is 2. The minimum atomic E-state index is -3.50. The topological polar surface area (TPSA) is 97.3 Å². The van der Waals surface area contributed by atoms with Crippen molar-refractivity contribution in [1.29, 1.82) is 0 Å². The molecule has 0 bridgehead atoms. The summed E-state index contributed by atoms with van der Waals surface area (Å²) in [6.07, 6.45) is 0.460. The summed E-state index contributed by atoms with van der Waals surface area (Å²) >= 11 is 1.19. The van der Waals surface area contributed by atoms with E-state index in [9.17, 15) is 17.6 Å². The van der Waals surface area contributed by atoms with Crippen molar-refractivity contribution < 1.29 is 27.2 Å². The van der Waals surface area contributed by atoms with Crippen molar-refractivity contribution in [2.75, 3.05) is 13.1 Å². The molecule has 1 N–H and O–H groups in total. The number of sulfonamides is 1. The van der Waals surface area contributed by atoms with Gasteiger partial charge in [-0.15, -0.1) is 11.3 Å². The van der Waals surface area contributed by atoms with Crippen LogP contribution in [-0.4, -0.2) is 43.4 Å². The van der Waals surface area contributed by atoms with Crippen molar-refractivity contribution in [3.8, 4) is 0 Å². The van der Waals surface area contributed by atoms with Crippen molar-refractivity contribution in [1.82, 2.24) is 9.62 Å². The number of oxime groups is 1. The van der Waals surface area contributed by atoms with Crippen molar-refractivity contribution >= 4 is 33.4 Å². The van der Waals surface area contributed by atoms with Gasteiger partial charge in [0.1, 0.15) is 15.6 Å². The summed E-state index contributed by atoms with van der Waals surface area (Å²) in [4.78, 5) is 17.5. The van der Waals surface area contributed by atoms with Crippen LogP contribution in [0.15, 0.2) is 51.1 Å². The molecule has 30 heavy (non-hydrogen) atoms. The predicted octanol–water partition coefficient (Wildman–Crippen LogP) is 3.07. The minimum absolute atomic E-state index is 0.116. The van der Waals surface area contributed by atoms with Gasteiger partial charge in [-0.05, 0) is 29.1 Å². The molecule has 0 saturated carbocycles. The van der Waals surface area contributed by atoms with Gasteiger partial charge in [-0.1, -0.05) is 23.4 Å². The molecule has 2 aliphatic heterocycles. The summed E-state index contributed by atoms with van der Waals surface area (Å²) in [7, 11) is -3.50. The molecule has 0 aliphatic carbocycles. The van der Waals surface area contributed by atoms with Crippen LogP contribution in [0.1, 0.15) is 24.8 Å². The largest absolute Gasteiger partial charge is 0.414 e. The van der Waals surface area contributed by atoms with Gasteiger partial charge in [-0.2, -0.15) is 4.31 Å². The first kappa shape index (κ1) is 20.8. The molecule has 1 amide bonds. The molecular weight excluding hydrogens is 433 g/mol. The first-order chi connectivity index (χ1) is 14.4. The summed E-state index contributed by atoms with van der Waals surface area (Å²) < 4.78 is 45.4. The maximum atomic E-state index is 13.2. The Hall–Kier alpha value is -2.50. The fourth-order valence-corrected chi connectivity index (χ4v) is 6.03. The zero-order valence-corrected chi connectivity index (χ0v) is 17.5. The van der Waals surface area contributed by atoms with E-state index in [0.717, 1.165) is 0 Å². The summed E-state index contributed by atoms with van der Waals surface area (Å²) in [6.45, 7) is 0.717. The fourth-order valence-electron chi connectivity index (χ4n) is 3.45. The number of nitrogens with one attached hydrogen (secondary N) is 1. The average Bonchev–Trinajstić information content (AvgIpc) is 3.38. The lowest BCUT2D eigenvalue weighted by atomic mass is 9.89. The number of benzene rings is 1. The molecule has 3 heterocycles. The normalized spacial score (nSPS) is 18.6. The molecule has 0 atom stereocenters. The number of hydrogen-bond donors (Lipinski definition) is 1. The van der Waals surface area contributed by atoms with Crippen LogP contribution in [0.25, 0.3) is 0 Å². The standard InChI is InChI=1S/C19H20FN3O5S2/c20-15-4-1-3-14(11-15)13-21-18(24)27-16-12-19(28-22-16)6-8-23(9-7-19)30(25,26)17-5-2-10-29-17/h1-5,10-11H,6-9,12-13H2,(H,21,24). The highest BCUT2D eigenvalue weighted by molar-refractivity contribution is 7.91. The van der Waals surface area contributed by atoms with E-state index in [-0.39, 0.29) is 24.7 Å². The molecule has 1 aromatic carbocycles. The van der Waals surface area contributed by atoms with E-state index in [1.165, 1.54) is 27.8 Å². The third-order valence-corrected chi connectivity index (χ3v) is 8.35. The number of halogens is 1. The minimum Gasteiger partial charge on any atom is -0.392 e. The Morgan fingerprint density at radius 1 is 1.30 bits per heavy atom. The quantitative estimate of drug-likeness (QED) is 0.767. The molecule has 4 rings (SSSR count). The summed E-state index contributed by atoms with van der Waals surface area (Å²) in [5.74, 6) is -0.244. The van der Waals surface area contributed by atoms with Crippen molar-refractivity contribution in [3.63, 3.8) is 0 Å². The van der Waals surface area contributed by atoms with Crippen LogP contribution in [0.4, 0.5) is 9.18 Å². The molecular formula is C19H20FN3O5S2. The number of piperidine rings is 1. The number of rotatable bonds is 4. The van der Waals surface area contributed by atoms with Crippen LogP contribution >= 0.6 is 11.3 Å². The zero-order valence-electron chi connectivity index (χ0n) is 15.9. The highest BCUT2D eigenvalue weighted by atomic mass is 32.2. The third kappa shape index (κ3) is 4.47. The number of thiophene rings is 1. The van der Waals surface area contributed by atoms with E-state index in [0.29, 0.717) is 35.7 Å². The second-order valence-corrected chi connectivity index (χ2v) is 10.3. The van der Waals surface area contributed by atoms with Crippen LogP contribution in [-0.2, 0) is 26.1 Å². The highest BCUT2D eigenvalue weighted by Gasteiger charge is 2.45. The molecule has 160 valence electrons. The summed E-state index contributed by atoms with van der Waals surface area (Å²) in [5.41, 5.74) is -0.0630. The van der Waals surface area contributed by atoms with Crippen molar-refractivity contribution in [2.45, 2.75) is 35.6 Å². The molecule has 11 heteroatoms. The second-order valence-electron chi connectivity index (χ2n) is 7.15. The van der Waals surface area contributed by atoms with Gasteiger partial charge in [0.25, 0.3) is 10.0 Å². The van der Waals surface area contributed by atoms with E-state index < -0.39 is 21.7 Å². The van der Waals surface area contributed by atoms with E-state index in [1.54, 1.807) is 29.6 Å². The van der Waals surface area contributed by atoms with Gasteiger partial charge in [0, 0.05) is 32.5 Å². The van der Waals surface area contributed by atoms with Gasteiger partial charge in [0.2, 0.25) is 5.90 Å². The van der Waals surface area contributed by atoms with Crippen LogP contribution in [0.5, 0.6) is 0 Å². The predicted molar refractivity (Wildman–Crippen MR) is 108 cm³/mol. The van der Waals surface area contributed by atoms with E-state index in [2.05, 4.69) is 10.5 Å². The van der Waals surface area contributed by atoms with Crippen LogP contribution in [0.3, 0.4) is 0 Å². The molecule has 2 aliphatic rings. The summed E-state index contributed by atoms with van der Waals surface area (Å²) in [6, 6.07) is 9.19. The molecule has 8 nitrogen and oxygen atoms in total. The lowest BCUT2D eigenvalue weighted by Crippen LogP contribution is -2.46. The Morgan fingerprint density at radius 3 is 2.80 bits per heavy atom. The van der Waals surface area contributed by atoms with Gasteiger partial charge in [-0.25, -0.2) is 17.6 Å². The van der Waals surface area contributed by atoms with Gasteiger partial charge >= 0.3 is 6.09 Å². The first-order valence-electron chi connectivity index (χ1n) is 9.35. The van der Waals surface area contributed by atoms with Crippen LogP contribution < -0.4 is 5.32 Å². The molecule has 1 fully saturated rings. The summed E-state index contributed by atoms with van der Waals surface area (Å²) in [5, 5.41) is 8.13.